The fraction of sp³-hybridized carbons (Fsp3) is 0.667. The van der Waals surface area contributed by atoms with Gasteiger partial charge < -0.3 is 10.2 Å². The Balaban J connectivity index is 2.17. The molecule has 6 heteroatoms. The van der Waals surface area contributed by atoms with Crippen LogP contribution in [0.4, 0.5) is 5.95 Å². The number of rotatable bonds is 1. The van der Waals surface area contributed by atoms with E-state index in [-0.39, 0.29) is 10.8 Å². The van der Waals surface area contributed by atoms with Crippen LogP contribution in [0.25, 0.3) is 0 Å². The van der Waals surface area contributed by atoms with Gasteiger partial charge in [-0.15, -0.1) is 0 Å². The second-order valence-corrected chi connectivity index (χ2v) is 4.62. The summed E-state index contributed by atoms with van der Waals surface area (Å²) in [5, 5.41) is 3.67. The van der Waals surface area contributed by atoms with Crippen LogP contribution < -0.4 is 10.2 Å². The lowest BCUT2D eigenvalue weighted by atomic mass is 10.0. The summed E-state index contributed by atoms with van der Waals surface area (Å²) < 4.78 is 0. The minimum atomic E-state index is 0.0807. The van der Waals surface area contributed by atoms with Crippen molar-refractivity contribution >= 4 is 17.5 Å². The molecule has 0 bridgehead atoms. The summed E-state index contributed by atoms with van der Waals surface area (Å²) in [6, 6.07) is 0. The molecular weight excluding hydrogens is 214 g/mol. The third kappa shape index (κ3) is 2.54. The fourth-order valence-corrected chi connectivity index (χ4v) is 1.85. The first-order valence-corrected chi connectivity index (χ1v) is 5.29. The first-order chi connectivity index (χ1) is 7.07. The molecule has 1 N–H and O–H groups in total. The molecule has 2 heterocycles. The topological polar surface area (TPSA) is 53.9 Å². The molecule has 1 fully saturated rings. The van der Waals surface area contributed by atoms with Crippen molar-refractivity contribution in [2.24, 2.45) is 0 Å². The molecule has 1 aromatic heterocycles. The standard InChI is InChI=1S/C9H14ClN5/c1-9(2)5-15(4-3-13-9)8-12-6-11-7(10)14-8/h6,13H,3-5H2,1-2H3. The molecule has 0 saturated carbocycles. The maximum Gasteiger partial charge on any atom is 0.229 e. The number of hydrogen-bond acceptors (Lipinski definition) is 5. The smallest absolute Gasteiger partial charge is 0.229 e. The van der Waals surface area contributed by atoms with Gasteiger partial charge in [0.2, 0.25) is 11.2 Å². The second kappa shape index (κ2) is 3.90. The second-order valence-electron chi connectivity index (χ2n) is 4.29. The highest BCUT2D eigenvalue weighted by Gasteiger charge is 2.27. The maximum absolute atomic E-state index is 5.73. The van der Waals surface area contributed by atoms with Gasteiger partial charge in [-0.05, 0) is 25.4 Å². The Morgan fingerprint density at radius 2 is 2.27 bits per heavy atom. The number of aromatic nitrogens is 3. The van der Waals surface area contributed by atoms with Gasteiger partial charge in [-0.1, -0.05) is 0 Å². The minimum Gasteiger partial charge on any atom is -0.338 e. The quantitative estimate of drug-likeness (QED) is 0.766. The van der Waals surface area contributed by atoms with Crippen molar-refractivity contribution in [1.82, 2.24) is 20.3 Å². The van der Waals surface area contributed by atoms with Crippen molar-refractivity contribution in [3.05, 3.63) is 11.6 Å². The lowest BCUT2D eigenvalue weighted by Crippen LogP contribution is -2.57. The monoisotopic (exact) mass is 227 g/mol. The first kappa shape index (κ1) is 10.6. The normalized spacial score (nSPS) is 20.3. The Morgan fingerprint density at radius 1 is 1.47 bits per heavy atom. The summed E-state index contributed by atoms with van der Waals surface area (Å²) in [4.78, 5) is 14.1. The van der Waals surface area contributed by atoms with Gasteiger partial charge in [0.25, 0.3) is 0 Å². The van der Waals surface area contributed by atoms with E-state index in [9.17, 15) is 0 Å². The summed E-state index contributed by atoms with van der Waals surface area (Å²) in [6.07, 6.45) is 1.44. The molecule has 5 nitrogen and oxygen atoms in total. The van der Waals surface area contributed by atoms with Crippen LogP contribution in [0.3, 0.4) is 0 Å². The number of hydrogen-bond donors (Lipinski definition) is 1. The summed E-state index contributed by atoms with van der Waals surface area (Å²) in [6.45, 7) is 7.00. The number of nitrogens with zero attached hydrogens (tertiary/aromatic N) is 4. The summed E-state index contributed by atoms with van der Waals surface area (Å²) >= 11 is 5.73. The van der Waals surface area contributed by atoms with Crippen LogP contribution in [-0.4, -0.2) is 40.1 Å². The van der Waals surface area contributed by atoms with Crippen LogP contribution in [-0.2, 0) is 0 Å². The predicted octanol–water partition coefficient (Wildman–Crippen LogP) is 0.713. The lowest BCUT2D eigenvalue weighted by Gasteiger charge is -2.38. The minimum absolute atomic E-state index is 0.0807. The van der Waals surface area contributed by atoms with Gasteiger partial charge >= 0.3 is 0 Å². The number of nitrogens with one attached hydrogen (secondary N) is 1. The van der Waals surface area contributed by atoms with Crippen molar-refractivity contribution < 1.29 is 0 Å². The Kier molecular flexibility index (Phi) is 2.75. The highest BCUT2D eigenvalue weighted by Crippen LogP contribution is 2.15. The van der Waals surface area contributed by atoms with Crippen LogP contribution >= 0.6 is 11.6 Å². The van der Waals surface area contributed by atoms with Crippen LogP contribution in [0, 0.1) is 0 Å². The molecule has 1 aliphatic rings. The molecule has 0 spiro atoms. The fourth-order valence-electron chi connectivity index (χ4n) is 1.73. The molecule has 0 aliphatic carbocycles. The van der Waals surface area contributed by atoms with E-state index >= 15 is 0 Å². The number of piperazine rings is 1. The summed E-state index contributed by atoms with van der Waals surface area (Å²) in [7, 11) is 0. The molecular formula is C9H14ClN5. The molecule has 0 unspecified atom stereocenters. The third-order valence-electron chi connectivity index (χ3n) is 2.38. The van der Waals surface area contributed by atoms with Gasteiger partial charge in [0, 0.05) is 25.2 Å². The predicted molar refractivity (Wildman–Crippen MR) is 59.1 cm³/mol. The Morgan fingerprint density at radius 3 is 2.93 bits per heavy atom. The lowest BCUT2D eigenvalue weighted by molar-refractivity contribution is 0.350. The zero-order chi connectivity index (χ0) is 10.9. The van der Waals surface area contributed by atoms with Crippen LogP contribution in [0.2, 0.25) is 5.28 Å². The number of anilines is 1. The van der Waals surface area contributed by atoms with Gasteiger partial charge in [-0.3, -0.25) is 0 Å². The average molecular weight is 228 g/mol. The molecule has 1 aromatic rings. The summed E-state index contributed by atoms with van der Waals surface area (Å²) in [5.41, 5.74) is 0.0807. The van der Waals surface area contributed by atoms with E-state index in [1.165, 1.54) is 6.33 Å². The zero-order valence-corrected chi connectivity index (χ0v) is 9.62. The SMILES string of the molecule is CC1(C)CN(c2ncnc(Cl)n2)CCN1. The van der Waals surface area contributed by atoms with Crippen molar-refractivity contribution in [2.75, 3.05) is 24.5 Å². The maximum atomic E-state index is 5.73. The molecule has 0 atom stereocenters. The van der Waals surface area contributed by atoms with Crippen molar-refractivity contribution in [1.29, 1.82) is 0 Å². The first-order valence-electron chi connectivity index (χ1n) is 4.91. The van der Waals surface area contributed by atoms with E-state index in [2.05, 4.69) is 39.0 Å². The van der Waals surface area contributed by atoms with Crippen molar-refractivity contribution in [3.8, 4) is 0 Å². The Labute approximate surface area is 93.9 Å². The van der Waals surface area contributed by atoms with Crippen molar-refractivity contribution in [3.63, 3.8) is 0 Å². The Bertz CT molecular complexity index is 354. The largest absolute Gasteiger partial charge is 0.338 e. The van der Waals surface area contributed by atoms with Crippen LogP contribution in [0.5, 0.6) is 0 Å². The van der Waals surface area contributed by atoms with Gasteiger partial charge in [0.15, 0.2) is 0 Å². The van der Waals surface area contributed by atoms with Crippen LogP contribution in [0.1, 0.15) is 13.8 Å². The molecule has 1 saturated heterocycles. The van der Waals surface area contributed by atoms with E-state index < -0.39 is 0 Å². The van der Waals surface area contributed by atoms with Gasteiger partial charge in [0.05, 0.1) is 0 Å². The number of halogens is 1. The third-order valence-corrected chi connectivity index (χ3v) is 2.57. The van der Waals surface area contributed by atoms with Crippen molar-refractivity contribution in [2.45, 2.75) is 19.4 Å². The summed E-state index contributed by atoms with van der Waals surface area (Å²) in [5.74, 6) is 0.657. The van der Waals surface area contributed by atoms with E-state index in [1.54, 1.807) is 0 Å². The Hall–Kier alpha value is -0.940. The van der Waals surface area contributed by atoms with E-state index in [4.69, 9.17) is 11.6 Å². The van der Waals surface area contributed by atoms with Gasteiger partial charge in [-0.25, -0.2) is 9.97 Å². The highest BCUT2D eigenvalue weighted by atomic mass is 35.5. The van der Waals surface area contributed by atoms with E-state index in [1.807, 2.05) is 0 Å². The molecule has 2 rings (SSSR count). The average Bonchev–Trinajstić information content (AvgIpc) is 2.16. The van der Waals surface area contributed by atoms with Gasteiger partial charge in [-0.2, -0.15) is 4.98 Å². The zero-order valence-electron chi connectivity index (χ0n) is 8.87. The van der Waals surface area contributed by atoms with Gasteiger partial charge in [0.1, 0.15) is 6.33 Å². The van der Waals surface area contributed by atoms with E-state index in [0.29, 0.717) is 5.95 Å². The molecule has 15 heavy (non-hydrogen) atoms. The highest BCUT2D eigenvalue weighted by molar-refractivity contribution is 6.28. The molecule has 0 radical (unpaired) electrons. The van der Waals surface area contributed by atoms with E-state index in [0.717, 1.165) is 19.6 Å². The van der Waals surface area contributed by atoms with Crippen LogP contribution in [0.15, 0.2) is 6.33 Å². The molecule has 82 valence electrons. The molecule has 1 aliphatic heterocycles. The molecule has 0 aromatic carbocycles. The molecule has 0 amide bonds.